The first kappa shape index (κ1) is 13.7. The Kier molecular flexibility index (Phi) is 2.91. The third kappa shape index (κ3) is 1.99. The van der Waals surface area contributed by atoms with Crippen LogP contribution in [0.4, 0.5) is 5.69 Å². The lowest BCUT2D eigenvalue weighted by molar-refractivity contribution is -0.384. The van der Waals surface area contributed by atoms with Crippen LogP contribution < -0.4 is 11.1 Å². The Morgan fingerprint density at radius 2 is 2.05 bits per heavy atom. The van der Waals surface area contributed by atoms with Crippen LogP contribution in [0.5, 0.6) is 0 Å². The van der Waals surface area contributed by atoms with E-state index < -0.39 is 16.0 Å². The number of imidazole rings is 1. The summed E-state index contributed by atoms with van der Waals surface area (Å²) in [5.41, 5.74) is -0.176. The molecule has 0 bridgehead atoms. The smallest absolute Gasteiger partial charge is 0.316 e. The molecule has 2 heterocycles. The molecule has 1 N–H and O–H groups in total. The van der Waals surface area contributed by atoms with Gasteiger partial charge in [0.05, 0.1) is 28.0 Å². The van der Waals surface area contributed by atoms with Crippen LogP contribution in [0.1, 0.15) is 5.69 Å². The molecule has 0 aliphatic carbocycles. The SMILES string of the molecule is Cc1cn(-c2cc3c(cc2[N+](=O)[O-])[nH]c(=O)c(=O)n3C)cn1. The van der Waals surface area contributed by atoms with E-state index in [-0.39, 0.29) is 16.9 Å². The van der Waals surface area contributed by atoms with Gasteiger partial charge < -0.3 is 9.55 Å². The molecule has 2 aromatic heterocycles. The van der Waals surface area contributed by atoms with Crippen LogP contribution in [-0.4, -0.2) is 24.0 Å². The van der Waals surface area contributed by atoms with Gasteiger partial charge in [0.1, 0.15) is 5.69 Å². The number of nitrogens with zero attached hydrogens (tertiary/aromatic N) is 4. The highest BCUT2D eigenvalue weighted by molar-refractivity contribution is 5.82. The molecule has 1 aromatic carbocycles. The van der Waals surface area contributed by atoms with E-state index in [1.807, 2.05) is 0 Å². The number of fused-ring (bicyclic) bond motifs is 1. The van der Waals surface area contributed by atoms with Crippen molar-refractivity contribution in [2.75, 3.05) is 0 Å². The molecule has 0 fully saturated rings. The number of aromatic amines is 1. The van der Waals surface area contributed by atoms with Gasteiger partial charge in [-0.05, 0) is 13.0 Å². The molecular formula is C13H11N5O4. The fourth-order valence-electron chi connectivity index (χ4n) is 2.29. The van der Waals surface area contributed by atoms with E-state index in [4.69, 9.17) is 0 Å². The lowest BCUT2D eigenvalue weighted by Gasteiger charge is -2.08. The van der Waals surface area contributed by atoms with Gasteiger partial charge in [0.15, 0.2) is 0 Å². The van der Waals surface area contributed by atoms with Crippen LogP contribution in [0.15, 0.2) is 34.2 Å². The maximum atomic E-state index is 11.7. The lowest BCUT2D eigenvalue weighted by atomic mass is 10.2. The van der Waals surface area contributed by atoms with Crippen molar-refractivity contribution in [2.24, 2.45) is 7.05 Å². The molecule has 22 heavy (non-hydrogen) atoms. The van der Waals surface area contributed by atoms with Crippen molar-refractivity contribution in [1.29, 1.82) is 0 Å². The average molecular weight is 301 g/mol. The van der Waals surface area contributed by atoms with Gasteiger partial charge in [-0.1, -0.05) is 0 Å². The van der Waals surface area contributed by atoms with Crippen LogP contribution in [0.3, 0.4) is 0 Å². The number of nitro benzene ring substituents is 1. The Bertz CT molecular complexity index is 1030. The Morgan fingerprint density at radius 3 is 2.64 bits per heavy atom. The molecule has 9 nitrogen and oxygen atoms in total. The van der Waals surface area contributed by atoms with Crippen molar-refractivity contribution in [3.8, 4) is 5.69 Å². The third-order valence-corrected chi connectivity index (χ3v) is 3.39. The second-order valence-electron chi connectivity index (χ2n) is 4.86. The quantitative estimate of drug-likeness (QED) is 0.423. The van der Waals surface area contributed by atoms with Gasteiger partial charge in [0, 0.05) is 19.3 Å². The maximum Gasteiger partial charge on any atom is 0.316 e. The number of rotatable bonds is 2. The molecular weight excluding hydrogens is 290 g/mol. The van der Waals surface area contributed by atoms with Gasteiger partial charge in [-0.15, -0.1) is 0 Å². The largest absolute Gasteiger partial charge is 0.316 e. The number of hydrogen-bond acceptors (Lipinski definition) is 5. The monoisotopic (exact) mass is 301 g/mol. The van der Waals surface area contributed by atoms with Crippen molar-refractivity contribution >= 4 is 16.7 Å². The van der Waals surface area contributed by atoms with E-state index in [9.17, 15) is 19.7 Å². The molecule has 9 heteroatoms. The van der Waals surface area contributed by atoms with E-state index in [0.717, 1.165) is 4.57 Å². The molecule has 0 aliphatic heterocycles. The topological polar surface area (TPSA) is 116 Å². The third-order valence-electron chi connectivity index (χ3n) is 3.39. The van der Waals surface area contributed by atoms with Crippen LogP contribution >= 0.6 is 0 Å². The molecule has 0 unspecified atom stereocenters. The summed E-state index contributed by atoms with van der Waals surface area (Å²) in [6.07, 6.45) is 3.09. The standard InChI is InChI=1S/C13H11N5O4/c1-7-5-17(6-14-7)10-4-9-8(3-11(10)18(21)22)15-12(19)13(20)16(9)2/h3-6H,1-2H3,(H,15,19). The van der Waals surface area contributed by atoms with Crippen molar-refractivity contribution in [2.45, 2.75) is 6.92 Å². The van der Waals surface area contributed by atoms with E-state index >= 15 is 0 Å². The Hall–Kier alpha value is -3.23. The number of hydrogen-bond donors (Lipinski definition) is 1. The molecule has 0 atom stereocenters. The summed E-state index contributed by atoms with van der Waals surface area (Å²) in [6, 6.07) is 2.72. The minimum absolute atomic E-state index is 0.195. The normalized spacial score (nSPS) is 11.0. The first-order valence-corrected chi connectivity index (χ1v) is 6.31. The summed E-state index contributed by atoms with van der Waals surface area (Å²) in [7, 11) is 1.44. The van der Waals surface area contributed by atoms with E-state index in [2.05, 4.69) is 9.97 Å². The maximum absolute atomic E-state index is 11.7. The first-order valence-electron chi connectivity index (χ1n) is 6.31. The fourth-order valence-corrected chi connectivity index (χ4v) is 2.29. The zero-order valence-electron chi connectivity index (χ0n) is 11.7. The average Bonchev–Trinajstić information content (AvgIpc) is 2.90. The van der Waals surface area contributed by atoms with E-state index in [1.54, 1.807) is 13.1 Å². The van der Waals surface area contributed by atoms with Crippen molar-refractivity contribution in [3.63, 3.8) is 0 Å². The highest BCUT2D eigenvalue weighted by Crippen LogP contribution is 2.27. The van der Waals surface area contributed by atoms with Gasteiger partial charge >= 0.3 is 11.1 Å². The Balaban J connectivity index is 2.45. The summed E-state index contributed by atoms with van der Waals surface area (Å²) < 4.78 is 2.66. The number of aryl methyl sites for hydroxylation is 2. The lowest BCUT2D eigenvalue weighted by Crippen LogP contribution is -2.34. The molecule has 0 saturated carbocycles. The van der Waals surface area contributed by atoms with Gasteiger partial charge in [0.25, 0.3) is 5.69 Å². The highest BCUT2D eigenvalue weighted by atomic mass is 16.6. The van der Waals surface area contributed by atoms with Crippen LogP contribution in [0.25, 0.3) is 16.7 Å². The minimum Gasteiger partial charge on any atom is -0.316 e. The Labute approximate surface area is 122 Å². The van der Waals surface area contributed by atoms with Gasteiger partial charge in [0.2, 0.25) is 0 Å². The predicted octanol–water partition coefficient (Wildman–Crippen LogP) is 0.629. The molecule has 0 spiro atoms. The zero-order chi connectivity index (χ0) is 16.0. The number of benzene rings is 1. The highest BCUT2D eigenvalue weighted by Gasteiger charge is 2.19. The molecule has 0 saturated heterocycles. The number of nitro groups is 1. The molecule has 3 aromatic rings. The molecule has 0 radical (unpaired) electrons. The second kappa shape index (κ2) is 4.65. The Morgan fingerprint density at radius 1 is 1.32 bits per heavy atom. The first-order chi connectivity index (χ1) is 10.4. The fraction of sp³-hybridized carbons (Fsp3) is 0.154. The zero-order valence-corrected chi connectivity index (χ0v) is 11.7. The summed E-state index contributed by atoms with van der Waals surface area (Å²) >= 11 is 0. The molecule has 0 amide bonds. The molecule has 3 rings (SSSR count). The molecule has 0 aliphatic rings. The van der Waals surface area contributed by atoms with Gasteiger partial charge in [-0.3, -0.25) is 24.3 Å². The second-order valence-corrected chi connectivity index (χ2v) is 4.86. The van der Waals surface area contributed by atoms with Gasteiger partial charge in [-0.2, -0.15) is 0 Å². The van der Waals surface area contributed by atoms with Gasteiger partial charge in [-0.25, -0.2) is 4.98 Å². The van der Waals surface area contributed by atoms with Crippen molar-refractivity contribution < 1.29 is 4.92 Å². The van der Waals surface area contributed by atoms with Crippen LogP contribution in [0, 0.1) is 17.0 Å². The summed E-state index contributed by atoms with van der Waals surface area (Å²) in [5.74, 6) is 0. The number of nitrogens with one attached hydrogen (secondary N) is 1. The van der Waals surface area contributed by atoms with Crippen LogP contribution in [0.2, 0.25) is 0 Å². The van der Waals surface area contributed by atoms with Crippen LogP contribution in [-0.2, 0) is 7.05 Å². The summed E-state index contributed by atoms with van der Waals surface area (Å²) in [5, 5.41) is 11.3. The van der Waals surface area contributed by atoms with E-state index in [0.29, 0.717) is 11.2 Å². The van der Waals surface area contributed by atoms with Crippen molar-refractivity contribution in [1.82, 2.24) is 19.1 Å². The molecule has 112 valence electrons. The number of H-pyrrole nitrogens is 1. The summed E-state index contributed by atoms with van der Waals surface area (Å²) in [4.78, 5) is 40.4. The minimum atomic E-state index is -0.824. The van der Waals surface area contributed by atoms with Crippen molar-refractivity contribution in [3.05, 3.63) is 61.2 Å². The summed E-state index contributed by atoms with van der Waals surface area (Å²) in [6.45, 7) is 1.76. The predicted molar refractivity (Wildman–Crippen MR) is 78.3 cm³/mol. The number of aromatic nitrogens is 4. The van der Waals surface area contributed by atoms with E-state index in [1.165, 1.54) is 30.1 Å².